The van der Waals surface area contributed by atoms with Crippen molar-refractivity contribution in [2.75, 3.05) is 38.2 Å². The zero-order chi connectivity index (χ0) is 22.7. The molecule has 1 amide bonds. The first-order valence-electron chi connectivity index (χ1n) is 11.3. The lowest BCUT2D eigenvalue weighted by molar-refractivity contribution is -0.134. The SMILES string of the molecule is CCOc1ccc2nc(N3CCCC(C(=O)N(C)CCn4ccnc4C)C3)nc(C)c2c1. The Kier molecular flexibility index (Phi) is 6.58. The van der Waals surface area contributed by atoms with E-state index in [1.807, 2.05) is 57.1 Å². The maximum atomic E-state index is 13.1. The predicted octanol–water partition coefficient (Wildman–Crippen LogP) is 3.22. The van der Waals surface area contributed by atoms with Gasteiger partial charge in [0.05, 0.1) is 23.7 Å². The first-order chi connectivity index (χ1) is 15.5. The number of nitrogens with zero attached hydrogens (tertiary/aromatic N) is 6. The van der Waals surface area contributed by atoms with Crippen molar-refractivity contribution in [2.45, 2.75) is 40.2 Å². The topological polar surface area (TPSA) is 76.4 Å². The molecule has 1 saturated heterocycles. The number of fused-ring (bicyclic) bond motifs is 1. The molecule has 1 aliphatic rings. The summed E-state index contributed by atoms with van der Waals surface area (Å²) in [6, 6.07) is 5.93. The number of piperidine rings is 1. The lowest BCUT2D eigenvalue weighted by Crippen LogP contribution is -2.45. The fraction of sp³-hybridized carbons (Fsp3) is 0.500. The van der Waals surface area contributed by atoms with Gasteiger partial charge in [-0.15, -0.1) is 0 Å². The van der Waals surface area contributed by atoms with E-state index in [9.17, 15) is 4.79 Å². The number of hydrogen-bond donors (Lipinski definition) is 0. The van der Waals surface area contributed by atoms with E-state index >= 15 is 0 Å². The molecule has 2 aromatic heterocycles. The van der Waals surface area contributed by atoms with E-state index in [0.717, 1.165) is 54.1 Å². The number of likely N-dealkylation sites (N-methyl/N-ethyl adjacent to an activating group) is 1. The molecule has 8 nitrogen and oxygen atoms in total. The Morgan fingerprint density at radius 3 is 2.88 bits per heavy atom. The van der Waals surface area contributed by atoms with Crippen LogP contribution in [0.4, 0.5) is 5.95 Å². The van der Waals surface area contributed by atoms with E-state index < -0.39 is 0 Å². The van der Waals surface area contributed by atoms with Crippen molar-refractivity contribution >= 4 is 22.8 Å². The van der Waals surface area contributed by atoms with E-state index in [1.165, 1.54) is 0 Å². The van der Waals surface area contributed by atoms with E-state index in [0.29, 0.717) is 25.6 Å². The minimum atomic E-state index is -0.0439. The minimum absolute atomic E-state index is 0.0439. The number of anilines is 1. The van der Waals surface area contributed by atoms with Crippen LogP contribution in [-0.2, 0) is 11.3 Å². The molecule has 170 valence electrons. The predicted molar refractivity (Wildman–Crippen MR) is 125 cm³/mol. The van der Waals surface area contributed by atoms with Gasteiger partial charge in [-0.25, -0.2) is 15.0 Å². The van der Waals surface area contributed by atoms with Gasteiger partial charge in [-0.1, -0.05) is 0 Å². The number of imidazole rings is 1. The number of benzene rings is 1. The lowest BCUT2D eigenvalue weighted by Gasteiger charge is -2.34. The van der Waals surface area contributed by atoms with E-state index in [1.54, 1.807) is 6.20 Å². The summed E-state index contributed by atoms with van der Waals surface area (Å²) in [5, 5.41) is 0.999. The van der Waals surface area contributed by atoms with Crippen LogP contribution in [0.2, 0.25) is 0 Å². The molecule has 1 aromatic carbocycles. The van der Waals surface area contributed by atoms with Crippen molar-refractivity contribution in [1.29, 1.82) is 0 Å². The monoisotopic (exact) mass is 436 g/mol. The minimum Gasteiger partial charge on any atom is -0.494 e. The van der Waals surface area contributed by atoms with Crippen molar-refractivity contribution in [2.24, 2.45) is 5.92 Å². The molecule has 1 unspecified atom stereocenters. The third-order valence-electron chi connectivity index (χ3n) is 6.19. The number of amides is 1. The van der Waals surface area contributed by atoms with Crippen LogP contribution in [0.5, 0.6) is 5.75 Å². The molecule has 8 heteroatoms. The molecule has 0 spiro atoms. The fourth-order valence-electron chi connectivity index (χ4n) is 4.32. The summed E-state index contributed by atoms with van der Waals surface area (Å²) in [6.07, 6.45) is 5.59. The Morgan fingerprint density at radius 1 is 1.28 bits per heavy atom. The zero-order valence-electron chi connectivity index (χ0n) is 19.4. The lowest BCUT2D eigenvalue weighted by atomic mass is 9.97. The van der Waals surface area contributed by atoms with Gasteiger partial charge in [-0.3, -0.25) is 4.79 Å². The standard InChI is InChI=1S/C24H32N6O2/c1-5-32-20-8-9-22-21(15-20)17(2)26-24(27-22)30-11-6-7-19(16-30)23(31)28(4)13-14-29-12-10-25-18(29)3/h8-10,12,15,19H,5-7,11,13-14,16H2,1-4H3. The number of hydrogen-bond acceptors (Lipinski definition) is 6. The molecule has 0 aliphatic carbocycles. The molecule has 3 heterocycles. The first kappa shape index (κ1) is 22.0. The highest BCUT2D eigenvalue weighted by molar-refractivity contribution is 5.83. The van der Waals surface area contributed by atoms with Gasteiger partial charge in [0, 0.05) is 51.0 Å². The highest BCUT2D eigenvalue weighted by atomic mass is 16.5. The average Bonchev–Trinajstić information content (AvgIpc) is 3.22. The van der Waals surface area contributed by atoms with Gasteiger partial charge in [-0.05, 0) is 51.8 Å². The van der Waals surface area contributed by atoms with Crippen LogP contribution in [0.3, 0.4) is 0 Å². The Morgan fingerprint density at radius 2 is 2.12 bits per heavy atom. The number of aryl methyl sites for hydroxylation is 2. The summed E-state index contributed by atoms with van der Waals surface area (Å²) in [6.45, 7) is 9.51. The molecule has 3 aromatic rings. The molecular weight excluding hydrogens is 404 g/mol. The maximum Gasteiger partial charge on any atom is 0.227 e. The second-order valence-electron chi connectivity index (χ2n) is 8.43. The molecule has 0 N–H and O–H groups in total. The highest BCUT2D eigenvalue weighted by Crippen LogP contribution is 2.27. The van der Waals surface area contributed by atoms with E-state index in [2.05, 4.69) is 14.5 Å². The number of rotatable bonds is 7. The van der Waals surface area contributed by atoms with Crippen LogP contribution < -0.4 is 9.64 Å². The second-order valence-corrected chi connectivity index (χ2v) is 8.43. The average molecular weight is 437 g/mol. The Labute approximate surface area is 189 Å². The van der Waals surface area contributed by atoms with Gasteiger partial charge in [0.1, 0.15) is 11.6 Å². The number of carbonyl (C=O) groups excluding carboxylic acids is 1. The summed E-state index contributed by atoms with van der Waals surface area (Å²) >= 11 is 0. The molecular formula is C24H32N6O2. The summed E-state index contributed by atoms with van der Waals surface area (Å²) < 4.78 is 7.68. The number of ether oxygens (including phenoxy) is 1. The van der Waals surface area contributed by atoms with Crippen molar-refractivity contribution in [3.8, 4) is 5.75 Å². The number of carbonyl (C=O) groups is 1. The Bertz CT molecular complexity index is 1100. The summed E-state index contributed by atoms with van der Waals surface area (Å²) in [5.74, 6) is 2.64. The first-order valence-corrected chi connectivity index (χ1v) is 11.3. The van der Waals surface area contributed by atoms with Crippen LogP contribution in [0.1, 0.15) is 31.3 Å². The summed E-state index contributed by atoms with van der Waals surface area (Å²) in [4.78, 5) is 30.9. The van der Waals surface area contributed by atoms with Crippen molar-refractivity contribution in [1.82, 2.24) is 24.4 Å². The molecule has 32 heavy (non-hydrogen) atoms. The molecule has 4 rings (SSSR count). The quantitative estimate of drug-likeness (QED) is 0.566. The largest absolute Gasteiger partial charge is 0.494 e. The van der Waals surface area contributed by atoms with Gasteiger partial charge in [0.25, 0.3) is 0 Å². The smallest absolute Gasteiger partial charge is 0.227 e. The van der Waals surface area contributed by atoms with Crippen LogP contribution in [0.15, 0.2) is 30.6 Å². The van der Waals surface area contributed by atoms with E-state index in [-0.39, 0.29) is 11.8 Å². The molecule has 1 fully saturated rings. The van der Waals surface area contributed by atoms with Crippen LogP contribution in [-0.4, -0.2) is 63.6 Å². The molecule has 1 atom stereocenters. The molecule has 0 saturated carbocycles. The van der Waals surface area contributed by atoms with Gasteiger partial charge in [-0.2, -0.15) is 0 Å². The third-order valence-corrected chi connectivity index (χ3v) is 6.19. The van der Waals surface area contributed by atoms with Crippen molar-refractivity contribution in [3.05, 3.63) is 42.1 Å². The van der Waals surface area contributed by atoms with Crippen molar-refractivity contribution < 1.29 is 9.53 Å². The molecule has 0 bridgehead atoms. The molecule has 0 radical (unpaired) electrons. The van der Waals surface area contributed by atoms with Gasteiger partial charge >= 0.3 is 0 Å². The third kappa shape index (κ3) is 4.69. The fourth-order valence-corrected chi connectivity index (χ4v) is 4.32. The van der Waals surface area contributed by atoms with Crippen LogP contribution >= 0.6 is 0 Å². The maximum absolute atomic E-state index is 13.1. The zero-order valence-corrected chi connectivity index (χ0v) is 19.4. The highest BCUT2D eigenvalue weighted by Gasteiger charge is 2.29. The Hall–Kier alpha value is -3.16. The second kappa shape index (κ2) is 9.54. The van der Waals surface area contributed by atoms with Gasteiger partial charge in [0.2, 0.25) is 11.9 Å². The van der Waals surface area contributed by atoms with Gasteiger partial charge < -0.3 is 19.1 Å². The Balaban J connectivity index is 1.44. The van der Waals surface area contributed by atoms with Crippen LogP contribution in [0, 0.1) is 19.8 Å². The van der Waals surface area contributed by atoms with Crippen LogP contribution in [0.25, 0.3) is 10.9 Å². The van der Waals surface area contributed by atoms with Crippen molar-refractivity contribution in [3.63, 3.8) is 0 Å². The normalized spacial score (nSPS) is 16.4. The molecule has 1 aliphatic heterocycles. The summed E-state index contributed by atoms with van der Waals surface area (Å²) in [5.41, 5.74) is 1.82. The number of aromatic nitrogens is 4. The van der Waals surface area contributed by atoms with Gasteiger partial charge in [0.15, 0.2) is 0 Å². The van der Waals surface area contributed by atoms with E-state index in [4.69, 9.17) is 14.7 Å². The summed E-state index contributed by atoms with van der Waals surface area (Å²) in [7, 11) is 1.89.